The zero-order valence-electron chi connectivity index (χ0n) is 15.7. The smallest absolute Gasteiger partial charge is 0.310 e. The van der Waals surface area contributed by atoms with Crippen LogP contribution in [0, 0.1) is 17.0 Å². The number of nitrogens with zero attached hydrogens (tertiary/aromatic N) is 1. The van der Waals surface area contributed by atoms with Crippen molar-refractivity contribution in [2.24, 2.45) is 5.41 Å². The number of hydrogen-bond donors (Lipinski definition) is 2. The van der Waals surface area contributed by atoms with Gasteiger partial charge in [-0.05, 0) is 50.2 Å². The molecule has 0 radical (unpaired) electrons. The van der Waals surface area contributed by atoms with Crippen molar-refractivity contribution in [1.82, 2.24) is 4.90 Å². The van der Waals surface area contributed by atoms with Crippen LogP contribution >= 0.6 is 0 Å². The van der Waals surface area contributed by atoms with Gasteiger partial charge in [0.05, 0.1) is 11.0 Å². The zero-order valence-corrected chi connectivity index (χ0v) is 15.7. The third-order valence-corrected chi connectivity index (χ3v) is 6.93. The monoisotopic (exact) mass is 393 g/mol. The fourth-order valence-electron chi connectivity index (χ4n) is 5.34. The second kappa shape index (κ2) is 6.79. The molecule has 3 aliphatic rings. The number of carboxylic acid groups (broad SMARTS) is 1. The molecule has 2 bridgehead atoms. The van der Waals surface area contributed by atoms with Crippen LogP contribution in [0.3, 0.4) is 0 Å². The van der Waals surface area contributed by atoms with Crippen molar-refractivity contribution in [3.63, 3.8) is 0 Å². The summed E-state index contributed by atoms with van der Waals surface area (Å²) in [4.78, 5) is 26.3. The summed E-state index contributed by atoms with van der Waals surface area (Å²) < 4.78 is 27.2. The Balaban J connectivity index is 1.46. The highest BCUT2D eigenvalue weighted by Gasteiger charge is 2.52. The molecule has 7 heteroatoms. The largest absolute Gasteiger partial charge is 0.481 e. The highest BCUT2D eigenvalue weighted by Crippen LogP contribution is 2.47. The standard InChI is InChI=1S/C21H25F2NO4/c22-14-3-2-13(17(23)8-14)9-21(28)10-15-4-5-16(11-21)24(15)18(25)12-20(19(26)27)6-1-7-20/h2-3,8,15-16,28H,1,4-7,9-12H2,(H,26,27). The molecule has 1 aliphatic carbocycles. The van der Waals surface area contributed by atoms with Crippen molar-refractivity contribution >= 4 is 11.9 Å². The SMILES string of the molecule is O=C(CC1(C(=O)O)CCC1)N1C2CCC1CC(O)(Cc1ccc(F)cc1F)C2. The number of carbonyl (C=O) groups is 2. The Bertz CT molecular complexity index is 794. The maximum atomic E-state index is 14.0. The molecule has 2 saturated heterocycles. The van der Waals surface area contributed by atoms with Gasteiger partial charge in [0.15, 0.2) is 0 Å². The summed E-state index contributed by atoms with van der Waals surface area (Å²) >= 11 is 0. The quantitative estimate of drug-likeness (QED) is 0.806. The van der Waals surface area contributed by atoms with Crippen molar-refractivity contribution < 1.29 is 28.6 Å². The molecule has 2 heterocycles. The van der Waals surface area contributed by atoms with E-state index in [1.165, 1.54) is 12.1 Å². The van der Waals surface area contributed by atoms with Crippen molar-refractivity contribution in [2.45, 2.75) is 75.5 Å². The van der Waals surface area contributed by atoms with Gasteiger partial charge < -0.3 is 15.1 Å². The van der Waals surface area contributed by atoms with Crippen LogP contribution in [-0.2, 0) is 16.0 Å². The second-order valence-corrected chi connectivity index (χ2v) is 8.85. The zero-order chi connectivity index (χ0) is 20.1. The summed E-state index contributed by atoms with van der Waals surface area (Å²) in [6.45, 7) is 0. The van der Waals surface area contributed by atoms with Gasteiger partial charge in [0.1, 0.15) is 11.6 Å². The molecule has 1 saturated carbocycles. The number of fused-ring (bicyclic) bond motifs is 2. The number of aliphatic hydroxyl groups is 1. The van der Waals surface area contributed by atoms with E-state index in [0.717, 1.165) is 25.3 Å². The summed E-state index contributed by atoms with van der Waals surface area (Å²) in [6.07, 6.45) is 4.15. The molecule has 5 nitrogen and oxygen atoms in total. The first-order valence-corrected chi connectivity index (χ1v) is 9.92. The van der Waals surface area contributed by atoms with Gasteiger partial charge >= 0.3 is 5.97 Å². The molecule has 2 N–H and O–H groups in total. The number of hydrogen-bond acceptors (Lipinski definition) is 3. The van der Waals surface area contributed by atoms with Gasteiger partial charge in [-0.2, -0.15) is 0 Å². The predicted molar refractivity (Wildman–Crippen MR) is 96.4 cm³/mol. The molecule has 0 aromatic heterocycles. The van der Waals surface area contributed by atoms with Crippen molar-refractivity contribution in [3.8, 4) is 0 Å². The van der Waals surface area contributed by atoms with Crippen LogP contribution in [-0.4, -0.2) is 44.7 Å². The van der Waals surface area contributed by atoms with Crippen molar-refractivity contribution in [1.29, 1.82) is 0 Å². The Morgan fingerprint density at radius 2 is 1.79 bits per heavy atom. The van der Waals surface area contributed by atoms with E-state index in [1.807, 2.05) is 0 Å². The number of carbonyl (C=O) groups excluding carboxylic acids is 1. The summed E-state index contributed by atoms with van der Waals surface area (Å²) in [5.41, 5.74) is -1.81. The first kappa shape index (κ1) is 19.3. The topological polar surface area (TPSA) is 77.8 Å². The molecule has 1 aromatic carbocycles. The molecular weight excluding hydrogens is 368 g/mol. The van der Waals surface area contributed by atoms with E-state index >= 15 is 0 Å². The normalized spacial score (nSPS) is 30.8. The lowest BCUT2D eigenvalue weighted by Gasteiger charge is -2.46. The third-order valence-electron chi connectivity index (χ3n) is 6.93. The van der Waals surface area contributed by atoms with Gasteiger partial charge in [-0.15, -0.1) is 0 Å². The van der Waals surface area contributed by atoms with E-state index in [-0.39, 0.29) is 36.4 Å². The van der Waals surface area contributed by atoms with Gasteiger partial charge in [0.25, 0.3) is 0 Å². The van der Waals surface area contributed by atoms with E-state index in [2.05, 4.69) is 0 Å². The Morgan fingerprint density at radius 1 is 1.14 bits per heavy atom. The van der Waals surface area contributed by atoms with Crippen molar-refractivity contribution in [2.75, 3.05) is 0 Å². The van der Waals surface area contributed by atoms with Crippen LogP contribution in [0.4, 0.5) is 8.78 Å². The first-order valence-electron chi connectivity index (χ1n) is 9.92. The molecule has 28 heavy (non-hydrogen) atoms. The molecule has 4 rings (SSSR count). The minimum atomic E-state index is -1.15. The lowest BCUT2D eigenvalue weighted by atomic mass is 9.66. The highest BCUT2D eigenvalue weighted by atomic mass is 19.1. The first-order chi connectivity index (χ1) is 13.2. The molecule has 1 amide bonds. The Morgan fingerprint density at radius 3 is 2.29 bits per heavy atom. The van der Waals surface area contributed by atoms with E-state index in [4.69, 9.17) is 0 Å². The third kappa shape index (κ3) is 3.30. The highest BCUT2D eigenvalue weighted by molar-refractivity contribution is 5.86. The Kier molecular flexibility index (Phi) is 4.68. The predicted octanol–water partition coefficient (Wildman–Crippen LogP) is 3.04. The van der Waals surface area contributed by atoms with Gasteiger partial charge in [-0.3, -0.25) is 9.59 Å². The summed E-state index contributed by atoms with van der Waals surface area (Å²) in [6, 6.07) is 3.03. The van der Waals surface area contributed by atoms with Crippen LogP contribution in [0.15, 0.2) is 18.2 Å². The molecule has 2 unspecified atom stereocenters. The maximum absolute atomic E-state index is 14.0. The van der Waals surface area contributed by atoms with Gasteiger partial charge in [-0.1, -0.05) is 12.5 Å². The second-order valence-electron chi connectivity index (χ2n) is 8.85. The number of rotatable bonds is 5. The van der Waals surface area contributed by atoms with Crippen LogP contribution in [0.5, 0.6) is 0 Å². The molecule has 1 aromatic rings. The number of halogens is 2. The molecule has 2 atom stereocenters. The van der Waals surface area contributed by atoms with Crippen LogP contribution in [0.2, 0.25) is 0 Å². The number of aliphatic carboxylic acids is 1. The molecule has 3 fully saturated rings. The van der Waals surface area contributed by atoms with Gasteiger partial charge in [0, 0.05) is 31.0 Å². The average molecular weight is 393 g/mol. The van der Waals surface area contributed by atoms with Crippen LogP contribution in [0.25, 0.3) is 0 Å². The number of benzene rings is 1. The van der Waals surface area contributed by atoms with Crippen LogP contribution in [0.1, 0.15) is 56.9 Å². The van der Waals surface area contributed by atoms with E-state index in [0.29, 0.717) is 25.7 Å². The minimum Gasteiger partial charge on any atom is -0.481 e. The Hall–Kier alpha value is -2.02. The molecule has 152 valence electrons. The molecule has 2 aliphatic heterocycles. The van der Waals surface area contributed by atoms with Gasteiger partial charge in [-0.25, -0.2) is 8.78 Å². The van der Waals surface area contributed by atoms with E-state index in [1.54, 1.807) is 4.90 Å². The van der Waals surface area contributed by atoms with E-state index in [9.17, 15) is 28.6 Å². The van der Waals surface area contributed by atoms with Gasteiger partial charge in [0.2, 0.25) is 5.91 Å². The Labute approximate surface area is 162 Å². The molecule has 0 spiro atoms. The fourth-order valence-corrected chi connectivity index (χ4v) is 5.34. The van der Waals surface area contributed by atoms with E-state index < -0.39 is 28.6 Å². The lowest BCUT2D eigenvalue weighted by molar-refractivity contribution is -0.162. The number of carboxylic acids is 1. The summed E-state index contributed by atoms with van der Waals surface area (Å²) in [7, 11) is 0. The number of amides is 1. The lowest BCUT2D eigenvalue weighted by Crippen LogP contribution is -2.55. The molecular formula is C21H25F2NO4. The van der Waals surface area contributed by atoms with Crippen molar-refractivity contribution in [3.05, 3.63) is 35.4 Å². The minimum absolute atomic E-state index is 0.0142. The average Bonchev–Trinajstić information content (AvgIpc) is 2.86. The fraction of sp³-hybridized carbons (Fsp3) is 0.619. The summed E-state index contributed by atoms with van der Waals surface area (Å²) in [5, 5.41) is 20.6. The summed E-state index contributed by atoms with van der Waals surface area (Å²) in [5.74, 6) is -2.38. The van der Waals surface area contributed by atoms with Crippen LogP contribution < -0.4 is 0 Å². The maximum Gasteiger partial charge on any atom is 0.310 e. The number of piperidine rings is 1.